The molecule has 5 heteroatoms. The maximum absolute atomic E-state index is 12.4. The average molecular weight is 376 g/mol. The van der Waals surface area contributed by atoms with Crippen molar-refractivity contribution in [3.63, 3.8) is 0 Å². The van der Waals surface area contributed by atoms with Gasteiger partial charge in [0.05, 0.1) is 16.0 Å². The molecule has 0 saturated carbocycles. The Morgan fingerprint density at radius 2 is 1.88 bits per heavy atom. The zero-order chi connectivity index (χ0) is 17.3. The second-order valence-electron chi connectivity index (χ2n) is 6.63. The third-order valence-corrected chi connectivity index (χ3v) is 6.14. The topological polar surface area (TPSA) is 30.0 Å². The predicted octanol–water partition coefficient (Wildman–Crippen LogP) is 6.22. The Balaban J connectivity index is 1.68. The van der Waals surface area contributed by atoms with Crippen LogP contribution < -0.4 is 0 Å². The van der Waals surface area contributed by atoms with Gasteiger partial charge in [0.1, 0.15) is 0 Å². The Kier molecular flexibility index (Phi) is 5.00. The highest BCUT2D eigenvalue weighted by atomic mass is 35.5. The molecular weight excluding hydrogens is 358 g/mol. The third kappa shape index (κ3) is 4.00. The van der Waals surface area contributed by atoms with E-state index in [2.05, 4.69) is 25.8 Å². The predicted molar refractivity (Wildman–Crippen MR) is 105 cm³/mol. The van der Waals surface area contributed by atoms with Crippen molar-refractivity contribution >= 4 is 50.7 Å². The van der Waals surface area contributed by atoms with Gasteiger partial charge in [0, 0.05) is 10.6 Å². The fourth-order valence-electron chi connectivity index (χ4n) is 2.31. The highest BCUT2D eigenvalue weighted by Crippen LogP contribution is 2.31. The van der Waals surface area contributed by atoms with Crippen LogP contribution >= 0.6 is 34.7 Å². The summed E-state index contributed by atoms with van der Waals surface area (Å²) in [6, 6.07) is 13.6. The average Bonchev–Trinajstić information content (AvgIpc) is 2.94. The number of carbonyl (C=O) groups excluding carboxylic acids is 1. The molecule has 0 radical (unpaired) electrons. The quantitative estimate of drug-likeness (QED) is 0.400. The van der Waals surface area contributed by atoms with Gasteiger partial charge in [-0.05, 0) is 29.2 Å². The van der Waals surface area contributed by atoms with Crippen LogP contribution in [0.25, 0.3) is 10.2 Å². The molecule has 0 amide bonds. The van der Waals surface area contributed by atoms with Crippen LogP contribution in [-0.4, -0.2) is 16.5 Å². The van der Waals surface area contributed by atoms with Crippen LogP contribution in [0.1, 0.15) is 36.7 Å². The van der Waals surface area contributed by atoms with E-state index in [1.807, 2.05) is 42.5 Å². The number of thioether (sulfide) groups is 1. The molecule has 0 atom stereocenters. The number of aromatic nitrogens is 1. The SMILES string of the molecule is CC(C)(C)c1ccc(C(=O)CSc2nc3cc(Cl)ccc3s2)cc1. The maximum Gasteiger partial charge on any atom is 0.173 e. The Labute approximate surface area is 155 Å². The zero-order valence-corrected chi connectivity index (χ0v) is 16.2. The van der Waals surface area contributed by atoms with Crippen LogP contribution in [0.3, 0.4) is 0 Å². The number of carbonyl (C=O) groups is 1. The molecule has 0 aliphatic heterocycles. The number of Topliss-reactive ketones (excluding diaryl/α,β-unsaturated/α-hetero) is 1. The Hall–Kier alpha value is -1.36. The molecule has 0 unspecified atom stereocenters. The maximum atomic E-state index is 12.4. The summed E-state index contributed by atoms with van der Waals surface area (Å²) in [6.07, 6.45) is 0. The Morgan fingerprint density at radius 3 is 2.54 bits per heavy atom. The second kappa shape index (κ2) is 6.87. The molecule has 1 heterocycles. The zero-order valence-electron chi connectivity index (χ0n) is 13.8. The van der Waals surface area contributed by atoms with E-state index in [0.717, 1.165) is 20.1 Å². The van der Waals surface area contributed by atoms with Gasteiger partial charge in [0.25, 0.3) is 0 Å². The van der Waals surface area contributed by atoms with Gasteiger partial charge in [-0.25, -0.2) is 4.98 Å². The number of benzene rings is 2. The summed E-state index contributed by atoms with van der Waals surface area (Å²) in [5.41, 5.74) is 2.96. The molecule has 0 N–H and O–H groups in total. The molecule has 0 fully saturated rings. The third-order valence-electron chi connectivity index (χ3n) is 3.73. The normalized spacial score (nSPS) is 11.8. The summed E-state index contributed by atoms with van der Waals surface area (Å²) in [5, 5.41) is 0.680. The summed E-state index contributed by atoms with van der Waals surface area (Å²) < 4.78 is 1.98. The number of nitrogens with zero attached hydrogens (tertiary/aromatic N) is 1. The van der Waals surface area contributed by atoms with Crippen molar-refractivity contribution in [1.82, 2.24) is 4.98 Å². The number of ketones is 1. The minimum Gasteiger partial charge on any atom is -0.293 e. The van der Waals surface area contributed by atoms with Crippen molar-refractivity contribution in [1.29, 1.82) is 0 Å². The van der Waals surface area contributed by atoms with E-state index >= 15 is 0 Å². The number of rotatable bonds is 4. The summed E-state index contributed by atoms with van der Waals surface area (Å²) >= 11 is 9.05. The minimum absolute atomic E-state index is 0.0958. The first-order chi connectivity index (χ1) is 11.3. The minimum atomic E-state index is 0.0958. The molecular formula is C19H18ClNOS2. The summed E-state index contributed by atoms with van der Waals surface area (Å²) in [6.45, 7) is 6.50. The lowest BCUT2D eigenvalue weighted by atomic mass is 9.86. The largest absolute Gasteiger partial charge is 0.293 e. The van der Waals surface area contributed by atoms with Crippen LogP contribution in [0.5, 0.6) is 0 Å². The molecule has 3 rings (SSSR count). The van der Waals surface area contributed by atoms with Crippen molar-refractivity contribution in [2.75, 3.05) is 5.75 Å². The van der Waals surface area contributed by atoms with Crippen molar-refractivity contribution in [2.45, 2.75) is 30.5 Å². The van der Waals surface area contributed by atoms with Gasteiger partial charge in [0.2, 0.25) is 0 Å². The van der Waals surface area contributed by atoms with Crippen LogP contribution in [0.2, 0.25) is 5.02 Å². The van der Waals surface area contributed by atoms with E-state index in [4.69, 9.17) is 11.6 Å². The highest BCUT2D eigenvalue weighted by Gasteiger charge is 2.15. The first kappa shape index (κ1) is 17.5. The molecule has 124 valence electrons. The molecule has 1 aromatic heterocycles. The number of halogens is 1. The van der Waals surface area contributed by atoms with Crippen LogP contribution in [0, 0.1) is 0 Å². The number of thiazole rings is 1. The summed E-state index contributed by atoms with van der Waals surface area (Å²) in [4.78, 5) is 16.9. The van der Waals surface area contributed by atoms with E-state index in [1.165, 1.54) is 17.3 Å². The fourth-order valence-corrected chi connectivity index (χ4v) is 4.42. The molecule has 2 aromatic carbocycles. The number of hydrogen-bond donors (Lipinski definition) is 0. The molecule has 24 heavy (non-hydrogen) atoms. The molecule has 0 spiro atoms. The van der Waals surface area contributed by atoms with Gasteiger partial charge in [-0.1, -0.05) is 68.4 Å². The van der Waals surface area contributed by atoms with Crippen LogP contribution in [-0.2, 0) is 5.41 Å². The van der Waals surface area contributed by atoms with Gasteiger partial charge in [-0.3, -0.25) is 4.79 Å². The smallest absolute Gasteiger partial charge is 0.173 e. The molecule has 0 saturated heterocycles. The van der Waals surface area contributed by atoms with E-state index in [9.17, 15) is 4.79 Å². The van der Waals surface area contributed by atoms with Crippen molar-refractivity contribution in [3.05, 3.63) is 58.6 Å². The van der Waals surface area contributed by atoms with Gasteiger partial charge < -0.3 is 0 Å². The van der Waals surface area contributed by atoms with Gasteiger partial charge in [0.15, 0.2) is 10.1 Å². The Morgan fingerprint density at radius 1 is 1.17 bits per heavy atom. The van der Waals surface area contributed by atoms with Gasteiger partial charge in [-0.15, -0.1) is 11.3 Å². The molecule has 0 aliphatic rings. The van der Waals surface area contributed by atoms with E-state index in [-0.39, 0.29) is 11.2 Å². The van der Waals surface area contributed by atoms with Gasteiger partial charge in [-0.2, -0.15) is 0 Å². The lowest BCUT2D eigenvalue weighted by Crippen LogP contribution is -2.11. The molecule has 3 aromatic rings. The number of hydrogen-bond acceptors (Lipinski definition) is 4. The second-order valence-corrected chi connectivity index (χ2v) is 9.32. The molecule has 0 bridgehead atoms. The molecule has 0 aliphatic carbocycles. The lowest BCUT2D eigenvalue weighted by Gasteiger charge is -2.18. The first-order valence-corrected chi connectivity index (χ1v) is 9.83. The standard InChI is InChI=1S/C19H18ClNOS2/c1-19(2,3)13-6-4-12(5-7-13)16(22)11-23-18-21-15-10-14(20)8-9-17(15)24-18/h4-10H,11H2,1-3H3. The van der Waals surface area contributed by atoms with Crippen molar-refractivity contribution < 1.29 is 4.79 Å². The van der Waals surface area contributed by atoms with Crippen LogP contribution in [0.15, 0.2) is 46.8 Å². The number of fused-ring (bicyclic) bond motifs is 1. The van der Waals surface area contributed by atoms with E-state index in [1.54, 1.807) is 11.3 Å². The summed E-state index contributed by atoms with van der Waals surface area (Å²) in [5.74, 6) is 0.514. The monoisotopic (exact) mass is 375 g/mol. The molecule has 2 nitrogen and oxygen atoms in total. The lowest BCUT2D eigenvalue weighted by molar-refractivity contribution is 0.102. The van der Waals surface area contributed by atoms with Crippen molar-refractivity contribution in [2.24, 2.45) is 0 Å². The first-order valence-electron chi connectivity index (χ1n) is 7.65. The van der Waals surface area contributed by atoms with E-state index < -0.39 is 0 Å². The Bertz CT molecular complexity index is 879. The highest BCUT2D eigenvalue weighted by molar-refractivity contribution is 8.01. The van der Waals surface area contributed by atoms with E-state index in [0.29, 0.717) is 10.8 Å². The van der Waals surface area contributed by atoms with Crippen LogP contribution in [0.4, 0.5) is 0 Å². The summed E-state index contributed by atoms with van der Waals surface area (Å²) in [7, 11) is 0. The van der Waals surface area contributed by atoms with Gasteiger partial charge >= 0.3 is 0 Å². The van der Waals surface area contributed by atoms with Crippen molar-refractivity contribution in [3.8, 4) is 0 Å². The fraction of sp³-hybridized carbons (Fsp3) is 0.263.